The molecule has 21 heavy (non-hydrogen) atoms. The first-order valence-corrected chi connectivity index (χ1v) is 6.84. The summed E-state index contributed by atoms with van der Waals surface area (Å²) in [7, 11) is 3.42. The number of hydrogen-bond acceptors (Lipinski definition) is 3. The second-order valence-electron chi connectivity index (χ2n) is 5.33. The molecule has 1 aliphatic rings. The molecule has 0 saturated carbocycles. The van der Waals surface area contributed by atoms with Crippen LogP contribution in [-0.2, 0) is 0 Å². The van der Waals surface area contributed by atoms with Crippen LogP contribution in [0.1, 0.15) is 27.6 Å². The van der Waals surface area contributed by atoms with E-state index in [1.54, 1.807) is 38.4 Å². The molecule has 6 heteroatoms. The second-order valence-corrected chi connectivity index (χ2v) is 5.33. The van der Waals surface area contributed by atoms with Gasteiger partial charge in [0, 0.05) is 50.9 Å². The molecule has 1 aliphatic heterocycles. The van der Waals surface area contributed by atoms with Crippen molar-refractivity contribution in [3.05, 3.63) is 35.4 Å². The molecular formula is C15H22ClN3O2. The highest BCUT2D eigenvalue weighted by molar-refractivity contribution is 5.97. The fourth-order valence-corrected chi connectivity index (χ4v) is 2.32. The van der Waals surface area contributed by atoms with E-state index in [4.69, 9.17) is 0 Å². The van der Waals surface area contributed by atoms with Crippen LogP contribution in [0.4, 0.5) is 0 Å². The zero-order valence-electron chi connectivity index (χ0n) is 12.6. The maximum Gasteiger partial charge on any atom is 0.254 e. The minimum atomic E-state index is -0.0560. The number of carbonyl (C=O) groups is 2. The highest BCUT2D eigenvalue weighted by Gasteiger charge is 2.24. The van der Waals surface area contributed by atoms with Crippen LogP contribution in [0.3, 0.4) is 0 Å². The quantitative estimate of drug-likeness (QED) is 0.894. The number of nitrogens with zero attached hydrogens (tertiary/aromatic N) is 2. The molecule has 0 aliphatic carbocycles. The lowest BCUT2D eigenvalue weighted by atomic mass is 10.1. The standard InChI is InChI=1S/C15H21N3O2.ClH/c1-11-10-16-8-9-18(11)15(20)13-6-4-12(5-7-13)14(19)17(2)3;/h4-7,11,16H,8-10H2,1-3H3;1H/t11-;/m1./s1. The number of piperazine rings is 1. The molecule has 5 nitrogen and oxygen atoms in total. The van der Waals surface area contributed by atoms with E-state index >= 15 is 0 Å². The Morgan fingerprint density at radius 3 is 2.29 bits per heavy atom. The summed E-state index contributed by atoms with van der Waals surface area (Å²) < 4.78 is 0. The Hall–Kier alpha value is -1.59. The lowest BCUT2D eigenvalue weighted by Crippen LogP contribution is -2.52. The highest BCUT2D eigenvalue weighted by Crippen LogP contribution is 2.12. The van der Waals surface area contributed by atoms with Crippen LogP contribution in [0.15, 0.2) is 24.3 Å². The molecule has 2 rings (SSSR count). The average Bonchev–Trinajstić information content (AvgIpc) is 2.46. The van der Waals surface area contributed by atoms with Crippen molar-refractivity contribution in [1.82, 2.24) is 15.1 Å². The number of amides is 2. The molecular weight excluding hydrogens is 290 g/mol. The molecule has 0 spiro atoms. The molecule has 0 unspecified atom stereocenters. The molecule has 0 bridgehead atoms. The molecule has 116 valence electrons. The molecule has 1 N–H and O–H groups in total. The fourth-order valence-electron chi connectivity index (χ4n) is 2.32. The molecule has 0 aromatic heterocycles. The monoisotopic (exact) mass is 311 g/mol. The van der Waals surface area contributed by atoms with E-state index < -0.39 is 0 Å². The zero-order valence-corrected chi connectivity index (χ0v) is 13.4. The van der Waals surface area contributed by atoms with Gasteiger partial charge in [0.1, 0.15) is 0 Å². The maximum absolute atomic E-state index is 12.4. The third-order valence-corrected chi connectivity index (χ3v) is 3.55. The predicted octanol–water partition coefficient (Wildman–Crippen LogP) is 1.24. The largest absolute Gasteiger partial charge is 0.345 e. The van der Waals surface area contributed by atoms with Gasteiger partial charge >= 0.3 is 0 Å². The Kier molecular flexibility index (Phi) is 6.18. The van der Waals surface area contributed by atoms with Crippen molar-refractivity contribution >= 4 is 24.2 Å². The Labute approximate surface area is 131 Å². The Morgan fingerprint density at radius 2 is 1.76 bits per heavy atom. The summed E-state index contributed by atoms with van der Waals surface area (Å²) in [6.45, 7) is 4.41. The summed E-state index contributed by atoms with van der Waals surface area (Å²) in [4.78, 5) is 27.6. The van der Waals surface area contributed by atoms with Gasteiger partial charge in [0.05, 0.1) is 0 Å². The maximum atomic E-state index is 12.4. The summed E-state index contributed by atoms with van der Waals surface area (Å²) in [6.07, 6.45) is 0. The van der Waals surface area contributed by atoms with Crippen molar-refractivity contribution < 1.29 is 9.59 Å². The first-order chi connectivity index (χ1) is 9.50. The van der Waals surface area contributed by atoms with Crippen molar-refractivity contribution in [2.75, 3.05) is 33.7 Å². The summed E-state index contributed by atoms with van der Waals surface area (Å²) in [6, 6.07) is 7.08. The van der Waals surface area contributed by atoms with E-state index in [0.29, 0.717) is 11.1 Å². The third kappa shape index (κ3) is 3.95. The van der Waals surface area contributed by atoms with Gasteiger partial charge in [-0.2, -0.15) is 0 Å². The van der Waals surface area contributed by atoms with Gasteiger partial charge in [-0.25, -0.2) is 0 Å². The first kappa shape index (κ1) is 17.5. The Bertz CT molecular complexity index is 502. The lowest BCUT2D eigenvalue weighted by Gasteiger charge is -2.34. The molecule has 1 fully saturated rings. The minimum Gasteiger partial charge on any atom is -0.345 e. The number of hydrogen-bond donors (Lipinski definition) is 1. The van der Waals surface area contributed by atoms with Gasteiger partial charge in [-0.15, -0.1) is 12.4 Å². The number of carbonyl (C=O) groups excluding carboxylic acids is 2. The predicted molar refractivity (Wildman–Crippen MR) is 85.1 cm³/mol. The van der Waals surface area contributed by atoms with Crippen LogP contribution in [-0.4, -0.2) is 61.4 Å². The smallest absolute Gasteiger partial charge is 0.254 e. The molecule has 1 heterocycles. The molecule has 0 radical (unpaired) electrons. The van der Waals surface area contributed by atoms with Crippen molar-refractivity contribution in [2.45, 2.75) is 13.0 Å². The topological polar surface area (TPSA) is 52.7 Å². The van der Waals surface area contributed by atoms with E-state index in [2.05, 4.69) is 5.32 Å². The molecule has 2 amide bonds. The summed E-state index contributed by atoms with van der Waals surface area (Å²) in [5.41, 5.74) is 1.23. The van der Waals surface area contributed by atoms with Crippen LogP contribution >= 0.6 is 12.4 Å². The van der Waals surface area contributed by atoms with Gasteiger partial charge in [-0.1, -0.05) is 0 Å². The number of benzene rings is 1. The van der Waals surface area contributed by atoms with Crippen LogP contribution in [0.5, 0.6) is 0 Å². The molecule has 1 aromatic rings. The minimum absolute atomic E-state index is 0. The number of nitrogens with one attached hydrogen (secondary N) is 1. The van der Waals surface area contributed by atoms with Gasteiger partial charge < -0.3 is 15.1 Å². The second kappa shape index (κ2) is 7.43. The molecule has 1 aromatic carbocycles. The fraction of sp³-hybridized carbons (Fsp3) is 0.467. The van der Waals surface area contributed by atoms with Gasteiger partial charge in [0.2, 0.25) is 0 Å². The first-order valence-electron chi connectivity index (χ1n) is 6.84. The van der Waals surface area contributed by atoms with E-state index in [0.717, 1.165) is 19.6 Å². The SMILES string of the molecule is C[C@@H]1CNCCN1C(=O)c1ccc(C(=O)N(C)C)cc1.Cl. The van der Waals surface area contributed by atoms with E-state index in [-0.39, 0.29) is 30.3 Å². The molecule has 1 atom stereocenters. The Morgan fingerprint density at radius 1 is 1.19 bits per heavy atom. The number of rotatable bonds is 2. The van der Waals surface area contributed by atoms with Crippen molar-refractivity contribution in [2.24, 2.45) is 0 Å². The van der Waals surface area contributed by atoms with E-state index in [1.807, 2.05) is 11.8 Å². The van der Waals surface area contributed by atoms with Crippen LogP contribution in [0, 0.1) is 0 Å². The third-order valence-electron chi connectivity index (χ3n) is 3.55. The van der Waals surface area contributed by atoms with Crippen LogP contribution in [0.25, 0.3) is 0 Å². The molecule has 1 saturated heterocycles. The highest BCUT2D eigenvalue weighted by atomic mass is 35.5. The Balaban J connectivity index is 0.00000220. The van der Waals surface area contributed by atoms with Crippen molar-refractivity contribution in [3.63, 3.8) is 0 Å². The van der Waals surface area contributed by atoms with E-state index in [1.165, 1.54) is 4.90 Å². The number of halogens is 1. The van der Waals surface area contributed by atoms with Crippen molar-refractivity contribution in [3.8, 4) is 0 Å². The summed E-state index contributed by atoms with van der Waals surface area (Å²) in [5, 5.41) is 3.26. The van der Waals surface area contributed by atoms with Crippen LogP contribution in [0.2, 0.25) is 0 Å². The summed E-state index contributed by atoms with van der Waals surface area (Å²) >= 11 is 0. The lowest BCUT2D eigenvalue weighted by molar-refractivity contribution is 0.0655. The van der Waals surface area contributed by atoms with Gasteiger partial charge in [-0.05, 0) is 31.2 Å². The van der Waals surface area contributed by atoms with Gasteiger partial charge in [0.25, 0.3) is 11.8 Å². The normalized spacial score (nSPS) is 17.9. The van der Waals surface area contributed by atoms with Gasteiger partial charge in [-0.3, -0.25) is 9.59 Å². The zero-order chi connectivity index (χ0) is 14.7. The van der Waals surface area contributed by atoms with E-state index in [9.17, 15) is 9.59 Å². The van der Waals surface area contributed by atoms with Crippen molar-refractivity contribution in [1.29, 1.82) is 0 Å². The summed E-state index contributed by atoms with van der Waals surface area (Å²) in [5.74, 6) is -0.0256. The van der Waals surface area contributed by atoms with Gasteiger partial charge in [0.15, 0.2) is 0 Å². The van der Waals surface area contributed by atoms with Crippen LogP contribution < -0.4 is 5.32 Å². The average molecular weight is 312 g/mol.